The minimum absolute atomic E-state index is 0.0381. The lowest BCUT2D eigenvalue weighted by molar-refractivity contribution is -0.143. The molecule has 0 spiro atoms. The van der Waals surface area contributed by atoms with Crippen LogP contribution < -0.4 is 10.1 Å². The zero-order chi connectivity index (χ0) is 26.3. The van der Waals surface area contributed by atoms with Gasteiger partial charge in [-0.05, 0) is 62.7 Å². The van der Waals surface area contributed by atoms with Crippen LogP contribution in [0.1, 0.15) is 31.9 Å². The Bertz CT molecular complexity index is 1160. The molecular weight excluding hydrogens is 519 g/mol. The van der Waals surface area contributed by atoms with Crippen molar-refractivity contribution < 1.29 is 14.3 Å². The van der Waals surface area contributed by atoms with E-state index in [4.69, 9.17) is 39.5 Å². The van der Waals surface area contributed by atoms with Crippen LogP contribution in [0.5, 0.6) is 5.75 Å². The number of nitrogens with one attached hydrogen (secondary N) is 1. The van der Waals surface area contributed by atoms with E-state index in [1.807, 2.05) is 51.1 Å². The van der Waals surface area contributed by atoms with E-state index < -0.39 is 11.6 Å². The number of hydrogen-bond acceptors (Lipinski definition) is 3. The smallest absolute Gasteiger partial charge is 0.261 e. The lowest BCUT2D eigenvalue weighted by Gasteiger charge is -2.34. The van der Waals surface area contributed by atoms with E-state index in [-0.39, 0.29) is 25.0 Å². The van der Waals surface area contributed by atoms with Gasteiger partial charge in [-0.25, -0.2) is 0 Å². The Morgan fingerprint density at radius 3 is 2.08 bits per heavy atom. The van der Waals surface area contributed by atoms with Gasteiger partial charge in [-0.15, -0.1) is 0 Å². The first-order valence-electron chi connectivity index (χ1n) is 11.5. The Morgan fingerprint density at radius 2 is 1.50 bits per heavy atom. The summed E-state index contributed by atoms with van der Waals surface area (Å²) in [6.45, 7) is 5.44. The van der Waals surface area contributed by atoms with Crippen molar-refractivity contribution in [1.29, 1.82) is 0 Å². The summed E-state index contributed by atoms with van der Waals surface area (Å²) in [7, 11) is 0. The van der Waals surface area contributed by atoms with E-state index in [1.165, 1.54) is 4.90 Å². The SMILES string of the molecule is CC(C)(C)NC(=O)[C@@H](Cc1ccccc1)N(Cc1c(Cl)cccc1Cl)C(=O)COc1ccc(Cl)cc1. The summed E-state index contributed by atoms with van der Waals surface area (Å²) in [4.78, 5) is 28.7. The minimum atomic E-state index is -0.833. The van der Waals surface area contributed by atoms with Gasteiger partial charge in [0.15, 0.2) is 6.61 Å². The lowest BCUT2D eigenvalue weighted by Crippen LogP contribution is -2.55. The van der Waals surface area contributed by atoms with Crippen molar-refractivity contribution in [2.75, 3.05) is 6.61 Å². The van der Waals surface area contributed by atoms with Crippen LogP contribution in [0.2, 0.25) is 15.1 Å². The third-order valence-corrected chi connectivity index (χ3v) is 6.30. The summed E-state index contributed by atoms with van der Waals surface area (Å²) in [6, 6.07) is 20.6. The van der Waals surface area contributed by atoms with Crippen LogP contribution >= 0.6 is 34.8 Å². The average molecular weight is 548 g/mol. The van der Waals surface area contributed by atoms with Gasteiger partial charge in [-0.1, -0.05) is 71.2 Å². The molecule has 3 aromatic carbocycles. The molecule has 0 aliphatic rings. The molecule has 0 bridgehead atoms. The molecule has 0 radical (unpaired) electrons. The number of nitrogens with zero attached hydrogens (tertiary/aromatic N) is 1. The van der Waals surface area contributed by atoms with Gasteiger partial charge in [0, 0.05) is 39.1 Å². The summed E-state index contributed by atoms with van der Waals surface area (Å²) >= 11 is 18.9. The number of amides is 2. The molecule has 36 heavy (non-hydrogen) atoms. The summed E-state index contributed by atoms with van der Waals surface area (Å²) in [5, 5.41) is 4.40. The highest BCUT2D eigenvalue weighted by atomic mass is 35.5. The maximum absolute atomic E-state index is 13.6. The highest BCUT2D eigenvalue weighted by Gasteiger charge is 2.33. The van der Waals surface area contributed by atoms with E-state index in [9.17, 15) is 9.59 Å². The fraction of sp³-hybridized carbons (Fsp3) is 0.286. The summed E-state index contributed by atoms with van der Waals surface area (Å²) < 4.78 is 5.74. The maximum atomic E-state index is 13.6. The molecule has 2 amide bonds. The largest absolute Gasteiger partial charge is 0.484 e. The second kappa shape index (κ2) is 12.5. The van der Waals surface area contributed by atoms with Gasteiger partial charge < -0.3 is 15.0 Å². The number of carbonyl (C=O) groups excluding carboxylic acids is 2. The van der Waals surface area contributed by atoms with Gasteiger partial charge in [0.2, 0.25) is 5.91 Å². The van der Waals surface area contributed by atoms with E-state index in [0.29, 0.717) is 32.8 Å². The topological polar surface area (TPSA) is 58.6 Å². The molecule has 0 saturated carbocycles. The predicted molar refractivity (Wildman–Crippen MR) is 146 cm³/mol. The molecule has 190 valence electrons. The van der Waals surface area contributed by atoms with Crippen LogP contribution in [0.3, 0.4) is 0 Å². The number of benzene rings is 3. The molecule has 1 atom stereocenters. The van der Waals surface area contributed by atoms with Crippen molar-refractivity contribution in [2.24, 2.45) is 0 Å². The van der Waals surface area contributed by atoms with Crippen LogP contribution in [0.4, 0.5) is 0 Å². The van der Waals surface area contributed by atoms with Crippen LogP contribution in [0.25, 0.3) is 0 Å². The number of carbonyl (C=O) groups is 2. The van der Waals surface area contributed by atoms with Crippen LogP contribution in [0, 0.1) is 0 Å². The molecule has 0 saturated heterocycles. The van der Waals surface area contributed by atoms with Crippen molar-refractivity contribution in [2.45, 2.75) is 45.3 Å². The van der Waals surface area contributed by atoms with E-state index in [0.717, 1.165) is 5.56 Å². The first-order valence-corrected chi connectivity index (χ1v) is 12.6. The van der Waals surface area contributed by atoms with E-state index in [1.54, 1.807) is 42.5 Å². The van der Waals surface area contributed by atoms with Crippen LogP contribution in [-0.2, 0) is 22.6 Å². The molecule has 3 rings (SSSR count). The number of ether oxygens (including phenoxy) is 1. The highest BCUT2D eigenvalue weighted by molar-refractivity contribution is 6.36. The Morgan fingerprint density at radius 1 is 0.889 bits per heavy atom. The normalized spacial score (nSPS) is 12.1. The second-order valence-corrected chi connectivity index (χ2v) is 10.7. The Labute approximate surface area is 227 Å². The number of hydrogen-bond donors (Lipinski definition) is 1. The second-order valence-electron chi connectivity index (χ2n) is 9.41. The van der Waals surface area contributed by atoms with Crippen LogP contribution in [0.15, 0.2) is 72.8 Å². The molecule has 1 N–H and O–H groups in total. The fourth-order valence-electron chi connectivity index (χ4n) is 3.62. The first kappa shape index (κ1) is 27.9. The van der Waals surface area contributed by atoms with E-state index in [2.05, 4.69) is 5.32 Å². The van der Waals surface area contributed by atoms with E-state index >= 15 is 0 Å². The molecule has 0 aliphatic carbocycles. The summed E-state index contributed by atoms with van der Waals surface area (Å²) in [6.07, 6.45) is 0.303. The van der Waals surface area contributed by atoms with Crippen molar-refractivity contribution in [3.05, 3.63) is 99.0 Å². The predicted octanol–water partition coefficient (Wildman–Crippen LogP) is 6.58. The maximum Gasteiger partial charge on any atom is 0.261 e. The van der Waals surface area contributed by atoms with Crippen LogP contribution in [-0.4, -0.2) is 34.9 Å². The van der Waals surface area contributed by atoms with Crippen molar-refractivity contribution in [3.8, 4) is 5.75 Å². The summed E-state index contributed by atoms with van der Waals surface area (Å²) in [5.74, 6) is -0.178. The highest BCUT2D eigenvalue weighted by Crippen LogP contribution is 2.27. The van der Waals surface area contributed by atoms with Crippen molar-refractivity contribution in [3.63, 3.8) is 0 Å². The fourth-order valence-corrected chi connectivity index (χ4v) is 4.26. The third-order valence-electron chi connectivity index (χ3n) is 5.34. The Hall–Kier alpha value is -2.73. The van der Waals surface area contributed by atoms with Gasteiger partial charge in [0.1, 0.15) is 11.8 Å². The van der Waals surface area contributed by atoms with Gasteiger partial charge in [0.25, 0.3) is 5.91 Å². The Kier molecular flexibility index (Phi) is 9.66. The molecule has 5 nitrogen and oxygen atoms in total. The summed E-state index contributed by atoms with van der Waals surface area (Å²) in [5.41, 5.74) is 0.971. The van der Waals surface area contributed by atoms with Gasteiger partial charge in [-0.2, -0.15) is 0 Å². The first-order chi connectivity index (χ1) is 17.0. The van der Waals surface area contributed by atoms with Crippen molar-refractivity contribution >= 4 is 46.6 Å². The molecule has 0 unspecified atom stereocenters. The molecule has 0 fully saturated rings. The molecule has 3 aromatic rings. The van der Waals surface area contributed by atoms with Gasteiger partial charge in [-0.3, -0.25) is 9.59 Å². The molecule has 0 aromatic heterocycles. The molecule has 8 heteroatoms. The number of rotatable bonds is 9. The lowest BCUT2D eigenvalue weighted by atomic mass is 10.0. The van der Waals surface area contributed by atoms with Gasteiger partial charge in [0.05, 0.1) is 0 Å². The minimum Gasteiger partial charge on any atom is -0.484 e. The number of halogens is 3. The molecular formula is C28H29Cl3N2O3. The molecule has 0 heterocycles. The zero-order valence-corrected chi connectivity index (χ0v) is 22.7. The molecule has 0 aliphatic heterocycles. The zero-order valence-electron chi connectivity index (χ0n) is 20.4. The van der Waals surface area contributed by atoms with Crippen molar-refractivity contribution in [1.82, 2.24) is 10.2 Å². The monoisotopic (exact) mass is 546 g/mol. The quantitative estimate of drug-likeness (QED) is 0.329. The van der Waals surface area contributed by atoms with Gasteiger partial charge >= 0.3 is 0 Å². The standard InChI is InChI=1S/C28H29Cl3N2O3/c1-28(2,3)32-27(35)25(16-19-8-5-4-6-9-19)33(17-22-23(30)10-7-11-24(22)31)26(34)18-36-21-14-12-20(29)13-15-21/h4-15,25H,16-18H2,1-3H3,(H,32,35)/t25-/m1/s1. The average Bonchev–Trinajstić information content (AvgIpc) is 2.82. The Balaban J connectivity index is 1.97. The third kappa shape index (κ3) is 8.16.